The molecule has 1 aliphatic heterocycles. The van der Waals surface area contributed by atoms with Crippen LogP contribution in [0, 0.1) is 0 Å². The predicted octanol–water partition coefficient (Wildman–Crippen LogP) is 4.96. The molecular weight excluding hydrogens is 478 g/mol. The zero-order valence-corrected chi connectivity index (χ0v) is 19.5. The first kappa shape index (κ1) is 23.0. The molecule has 3 N–H and O–H groups in total. The summed E-state index contributed by atoms with van der Waals surface area (Å²) in [7, 11) is -3.98. The normalized spacial score (nSPS) is 13.2. The van der Waals surface area contributed by atoms with E-state index in [1.165, 1.54) is 30.3 Å². The molecular formula is C27H19N3O5S. The van der Waals surface area contributed by atoms with E-state index in [-0.39, 0.29) is 26.5 Å². The second kappa shape index (κ2) is 9.12. The standard InChI is InChI=1S/C27H19N3O5S/c31-25-19-10-4-7-13-23(19)36(34,35)24-16-17(14-15-20(24)25)26(32)29-21-11-5-6-12-22(21)30-27(33)28-18-8-2-1-3-9-18/h1-16H,(H,29,32)(H2,28,30,33). The number of ketones is 1. The van der Waals surface area contributed by atoms with Gasteiger partial charge in [0.2, 0.25) is 9.84 Å². The summed E-state index contributed by atoms with van der Waals surface area (Å²) in [5.41, 5.74) is 1.43. The maximum atomic E-state index is 13.2. The summed E-state index contributed by atoms with van der Waals surface area (Å²) in [5.74, 6) is -1.02. The Hall–Kier alpha value is -4.76. The van der Waals surface area contributed by atoms with Gasteiger partial charge in [-0.05, 0) is 54.6 Å². The molecule has 4 aromatic rings. The van der Waals surface area contributed by atoms with Crippen molar-refractivity contribution in [1.82, 2.24) is 0 Å². The third-order valence-corrected chi connectivity index (χ3v) is 7.51. The number of rotatable bonds is 4. The van der Waals surface area contributed by atoms with Crippen LogP contribution in [0.4, 0.5) is 21.9 Å². The van der Waals surface area contributed by atoms with Crippen LogP contribution in [0.2, 0.25) is 0 Å². The van der Waals surface area contributed by atoms with Gasteiger partial charge in [-0.3, -0.25) is 9.59 Å². The lowest BCUT2D eigenvalue weighted by Gasteiger charge is -2.19. The second-order valence-electron chi connectivity index (χ2n) is 7.98. The van der Waals surface area contributed by atoms with Crippen molar-refractivity contribution in [1.29, 1.82) is 0 Å². The van der Waals surface area contributed by atoms with Crippen LogP contribution >= 0.6 is 0 Å². The summed E-state index contributed by atoms with van der Waals surface area (Å²) in [6, 6.07) is 24.9. The fourth-order valence-corrected chi connectivity index (χ4v) is 5.60. The fourth-order valence-electron chi connectivity index (χ4n) is 3.93. The molecule has 3 amide bonds. The van der Waals surface area contributed by atoms with Gasteiger partial charge in [0.15, 0.2) is 5.78 Å². The summed E-state index contributed by atoms with van der Waals surface area (Å²) in [6.07, 6.45) is 0. The molecule has 0 bridgehead atoms. The highest BCUT2D eigenvalue weighted by Gasteiger charge is 2.35. The van der Waals surface area contributed by atoms with Crippen LogP contribution in [0.1, 0.15) is 26.3 Å². The van der Waals surface area contributed by atoms with Gasteiger partial charge in [0.25, 0.3) is 5.91 Å². The third kappa shape index (κ3) is 4.23. The molecule has 36 heavy (non-hydrogen) atoms. The summed E-state index contributed by atoms with van der Waals surface area (Å²) < 4.78 is 26.3. The minimum Gasteiger partial charge on any atom is -0.320 e. The molecule has 0 fully saturated rings. The number of carbonyl (C=O) groups is 3. The minimum atomic E-state index is -3.98. The van der Waals surface area contributed by atoms with E-state index in [9.17, 15) is 22.8 Å². The lowest BCUT2D eigenvalue weighted by molar-refractivity contribution is 0.101. The number of amides is 3. The lowest BCUT2D eigenvalue weighted by Crippen LogP contribution is -2.22. The summed E-state index contributed by atoms with van der Waals surface area (Å²) >= 11 is 0. The maximum absolute atomic E-state index is 13.2. The van der Waals surface area contributed by atoms with Crippen molar-refractivity contribution in [3.63, 3.8) is 0 Å². The average Bonchev–Trinajstić information content (AvgIpc) is 2.89. The SMILES string of the molecule is O=C(Nc1ccccc1)Nc1ccccc1NC(=O)c1ccc2c(c1)S(=O)(=O)c1ccccc1C2=O. The Morgan fingerprint density at radius 2 is 1.22 bits per heavy atom. The van der Waals surface area contributed by atoms with E-state index in [2.05, 4.69) is 16.0 Å². The zero-order chi connectivity index (χ0) is 25.3. The van der Waals surface area contributed by atoms with Crippen LogP contribution in [0.25, 0.3) is 0 Å². The Kier molecular flexibility index (Phi) is 5.83. The van der Waals surface area contributed by atoms with Crippen LogP contribution in [0.5, 0.6) is 0 Å². The van der Waals surface area contributed by atoms with E-state index >= 15 is 0 Å². The number of sulfone groups is 1. The molecule has 1 heterocycles. The first-order valence-electron chi connectivity index (χ1n) is 10.9. The van der Waals surface area contributed by atoms with Crippen LogP contribution in [-0.2, 0) is 9.84 Å². The third-order valence-electron chi connectivity index (χ3n) is 5.65. The quantitative estimate of drug-likeness (QED) is 0.324. The van der Waals surface area contributed by atoms with Gasteiger partial charge < -0.3 is 16.0 Å². The van der Waals surface area contributed by atoms with Crippen LogP contribution in [0.15, 0.2) is 107 Å². The average molecular weight is 498 g/mol. The molecule has 1 aliphatic rings. The van der Waals surface area contributed by atoms with E-state index in [4.69, 9.17) is 0 Å². The number of urea groups is 1. The highest BCUT2D eigenvalue weighted by molar-refractivity contribution is 7.91. The zero-order valence-electron chi connectivity index (χ0n) is 18.7. The van der Waals surface area contributed by atoms with Crippen molar-refractivity contribution < 1.29 is 22.8 Å². The van der Waals surface area contributed by atoms with Gasteiger partial charge in [0.05, 0.1) is 21.2 Å². The van der Waals surface area contributed by atoms with Crippen molar-refractivity contribution in [2.24, 2.45) is 0 Å². The topological polar surface area (TPSA) is 121 Å². The molecule has 0 radical (unpaired) electrons. The molecule has 0 unspecified atom stereocenters. The molecule has 8 nitrogen and oxygen atoms in total. The van der Waals surface area contributed by atoms with Crippen molar-refractivity contribution in [2.75, 3.05) is 16.0 Å². The van der Waals surface area contributed by atoms with E-state index in [0.29, 0.717) is 17.1 Å². The largest absolute Gasteiger partial charge is 0.323 e. The van der Waals surface area contributed by atoms with Gasteiger partial charge in [-0.25, -0.2) is 13.2 Å². The van der Waals surface area contributed by atoms with Gasteiger partial charge in [-0.2, -0.15) is 0 Å². The second-order valence-corrected chi connectivity index (χ2v) is 9.87. The maximum Gasteiger partial charge on any atom is 0.323 e. The molecule has 0 aromatic heterocycles. The first-order chi connectivity index (χ1) is 17.3. The smallest absolute Gasteiger partial charge is 0.320 e. The predicted molar refractivity (Wildman–Crippen MR) is 135 cm³/mol. The van der Waals surface area contributed by atoms with Crippen molar-refractivity contribution >= 4 is 44.6 Å². The van der Waals surface area contributed by atoms with Gasteiger partial charge >= 0.3 is 6.03 Å². The Morgan fingerprint density at radius 3 is 1.97 bits per heavy atom. The monoisotopic (exact) mass is 497 g/mol. The summed E-state index contributed by atoms with van der Waals surface area (Å²) in [4.78, 5) is 38.0. The number of nitrogens with one attached hydrogen (secondary N) is 3. The Morgan fingerprint density at radius 1 is 0.611 bits per heavy atom. The van der Waals surface area contributed by atoms with Gasteiger partial charge in [-0.15, -0.1) is 0 Å². The first-order valence-corrected chi connectivity index (χ1v) is 12.4. The number of hydrogen-bond acceptors (Lipinski definition) is 5. The van der Waals surface area contributed by atoms with Crippen LogP contribution in [-0.4, -0.2) is 26.1 Å². The highest BCUT2D eigenvalue weighted by Crippen LogP contribution is 2.35. The molecule has 5 rings (SSSR count). The van der Waals surface area contributed by atoms with Gasteiger partial charge in [0, 0.05) is 22.4 Å². The van der Waals surface area contributed by atoms with E-state index < -0.39 is 27.6 Å². The van der Waals surface area contributed by atoms with E-state index in [1.807, 2.05) is 6.07 Å². The van der Waals surface area contributed by atoms with Crippen LogP contribution < -0.4 is 16.0 Å². The van der Waals surface area contributed by atoms with Gasteiger partial charge in [-0.1, -0.05) is 42.5 Å². The molecule has 0 saturated carbocycles. The van der Waals surface area contributed by atoms with Crippen molar-refractivity contribution in [3.05, 3.63) is 114 Å². The number of carbonyl (C=O) groups excluding carboxylic acids is 3. The van der Waals surface area contributed by atoms with Crippen molar-refractivity contribution in [2.45, 2.75) is 9.79 Å². The number of fused-ring (bicyclic) bond motifs is 2. The number of benzene rings is 4. The van der Waals surface area contributed by atoms with Crippen molar-refractivity contribution in [3.8, 4) is 0 Å². The molecule has 178 valence electrons. The number of para-hydroxylation sites is 3. The van der Waals surface area contributed by atoms with E-state index in [1.54, 1.807) is 60.7 Å². The molecule has 0 spiro atoms. The Balaban J connectivity index is 1.39. The Bertz CT molecular complexity index is 1630. The van der Waals surface area contributed by atoms with E-state index in [0.717, 1.165) is 0 Å². The highest BCUT2D eigenvalue weighted by atomic mass is 32.2. The Labute approximate surface area is 206 Å². The van der Waals surface area contributed by atoms with Gasteiger partial charge in [0.1, 0.15) is 0 Å². The molecule has 0 saturated heterocycles. The molecule has 9 heteroatoms. The fraction of sp³-hybridized carbons (Fsp3) is 0. The summed E-state index contributed by atoms with van der Waals surface area (Å²) in [5, 5.41) is 8.09. The molecule has 0 aliphatic carbocycles. The number of anilines is 3. The van der Waals surface area contributed by atoms with Crippen LogP contribution in [0.3, 0.4) is 0 Å². The lowest BCUT2D eigenvalue weighted by atomic mass is 10.0. The minimum absolute atomic E-state index is 0.0184. The number of hydrogen-bond donors (Lipinski definition) is 3. The molecule has 0 atom stereocenters. The summed E-state index contributed by atoms with van der Waals surface area (Å²) in [6.45, 7) is 0. The molecule has 4 aromatic carbocycles.